The van der Waals surface area contributed by atoms with E-state index in [0.29, 0.717) is 15.4 Å². The van der Waals surface area contributed by atoms with Crippen LogP contribution in [0.3, 0.4) is 0 Å². The van der Waals surface area contributed by atoms with Crippen LogP contribution in [-0.4, -0.2) is 23.9 Å². The van der Waals surface area contributed by atoms with Crippen molar-refractivity contribution in [3.8, 4) is 11.6 Å². The molecule has 6 rings (SSSR count). The van der Waals surface area contributed by atoms with Gasteiger partial charge in [0.2, 0.25) is 0 Å². The third-order valence-electron chi connectivity index (χ3n) is 5.85. The maximum Gasteiger partial charge on any atom is 0.141 e. The normalized spacial score (nSPS) is 12.5. The monoisotopic (exact) mass is 449 g/mol. The fourth-order valence-electron chi connectivity index (χ4n) is 4.29. The molecule has 0 amide bonds. The Morgan fingerprint density at radius 1 is 0.848 bits per heavy atom. The lowest BCUT2D eigenvalue weighted by Gasteiger charge is -2.09. The predicted octanol–water partition coefficient (Wildman–Crippen LogP) is 5.91. The molecule has 1 unspecified atom stereocenters. The molecule has 0 fully saturated rings. The van der Waals surface area contributed by atoms with E-state index >= 15 is 0 Å². The van der Waals surface area contributed by atoms with Gasteiger partial charge in [0.05, 0.1) is 11.0 Å². The maximum absolute atomic E-state index is 13.5. The van der Waals surface area contributed by atoms with Crippen molar-refractivity contribution in [2.75, 3.05) is 0 Å². The van der Waals surface area contributed by atoms with Gasteiger partial charge in [-0.3, -0.25) is 4.57 Å². The van der Waals surface area contributed by atoms with Gasteiger partial charge < -0.3 is 5.11 Å². The minimum atomic E-state index is -1.51. The van der Waals surface area contributed by atoms with Crippen LogP contribution in [0.2, 0.25) is 0 Å². The van der Waals surface area contributed by atoms with Crippen LogP contribution in [0.1, 0.15) is 5.56 Å². The Bertz CT molecular complexity index is 1720. The zero-order chi connectivity index (χ0) is 22.5. The molecule has 3 aromatic carbocycles. The lowest BCUT2D eigenvalue weighted by molar-refractivity contribution is 0.480. The summed E-state index contributed by atoms with van der Waals surface area (Å²) in [5, 5.41) is 13.6. The number of pyridine rings is 2. The van der Waals surface area contributed by atoms with Gasteiger partial charge in [-0.15, -0.1) is 0 Å². The number of phenols is 1. The lowest BCUT2D eigenvalue weighted by Crippen LogP contribution is -1.99. The van der Waals surface area contributed by atoms with Gasteiger partial charge in [-0.05, 0) is 61.0 Å². The Hall–Kier alpha value is -4.03. The predicted molar refractivity (Wildman–Crippen MR) is 131 cm³/mol. The minimum absolute atomic E-state index is 0.0763. The van der Waals surface area contributed by atoms with E-state index in [1.54, 1.807) is 24.4 Å². The molecule has 0 saturated heterocycles. The zero-order valence-corrected chi connectivity index (χ0v) is 18.6. The van der Waals surface area contributed by atoms with E-state index in [2.05, 4.69) is 26.7 Å². The summed E-state index contributed by atoms with van der Waals surface area (Å²) in [4.78, 5) is 9.74. The highest BCUT2D eigenvalue weighted by atomic mass is 32.2. The van der Waals surface area contributed by atoms with E-state index in [-0.39, 0.29) is 5.75 Å². The van der Waals surface area contributed by atoms with Gasteiger partial charge in [-0.25, -0.2) is 14.2 Å². The average Bonchev–Trinajstić information content (AvgIpc) is 3.17. The zero-order valence-electron chi connectivity index (χ0n) is 17.8. The van der Waals surface area contributed by atoms with Crippen molar-refractivity contribution in [1.82, 2.24) is 14.5 Å². The summed E-state index contributed by atoms with van der Waals surface area (Å²) in [5.74, 6) is 0.894. The summed E-state index contributed by atoms with van der Waals surface area (Å²) >= 11 is 0. The smallest absolute Gasteiger partial charge is 0.141 e. The summed E-state index contributed by atoms with van der Waals surface area (Å²) in [7, 11) is -1.51. The summed E-state index contributed by atoms with van der Waals surface area (Å²) in [6.45, 7) is 2.04. The van der Waals surface area contributed by atoms with Crippen LogP contribution in [0.5, 0.6) is 5.75 Å². The molecule has 33 heavy (non-hydrogen) atoms. The van der Waals surface area contributed by atoms with Crippen LogP contribution >= 0.6 is 0 Å². The summed E-state index contributed by atoms with van der Waals surface area (Å²) in [5.41, 5.74) is 3.54. The molecular formula is C27H19N3O2S. The van der Waals surface area contributed by atoms with Crippen molar-refractivity contribution >= 4 is 43.5 Å². The topological polar surface area (TPSA) is 68.0 Å². The molecule has 0 spiro atoms. The number of hydrogen-bond donors (Lipinski definition) is 1. The second kappa shape index (κ2) is 7.53. The largest absolute Gasteiger partial charge is 0.506 e. The van der Waals surface area contributed by atoms with Gasteiger partial charge in [-0.1, -0.05) is 36.4 Å². The fourth-order valence-corrected chi connectivity index (χ4v) is 5.31. The summed E-state index contributed by atoms with van der Waals surface area (Å²) in [6, 6.07) is 26.9. The molecule has 1 N–H and O–H groups in total. The molecule has 0 bridgehead atoms. The van der Waals surface area contributed by atoms with Gasteiger partial charge in [0.1, 0.15) is 32.9 Å². The van der Waals surface area contributed by atoms with Crippen LogP contribution in [0.15, 0.2) is 101 Å². The number of nitrogens with zero attached hydrogens (tertiary/aromatic N) is 3. The first-order valence-electron chi connectivity index (χ1n) is 10.6. The Kier molecular flexibility index (Phi) is 4.48. The number of fused-ring (bicyclic) bond motifs is 4. The molecule has 1 atom stereocenters. The first-order chi connectivity index (χ1) is 16.1. The fraction of sp³-hybridized carbons (Fsp3) is 0.0370. The van der Waals surface area contributed by atoms with E-state index in [4.69, 9.17) is 0 Å². The van der Waals surface area contributed by atoms with Crippen LogP contribution in [0.25, 0.3) is 38.5 Å². The van der Waals surface area contributed by atoms with Crippen LogP contribution in [0, 0.1) is 6.92 Å². The quantitative estimate of drug-likeness (QED) is 0.365. The maximum atomic E-state index is 13.5. The van der Waals surface area contributed by atoms with E-state index in [1.807, 2.05) is 61.5 Å². The van der Waals surface area contributed by atoms with Crippen molar-refractivity contribution < 1.29 is 9.32 Å². The minimum Gasteiger partial charge on any atom is -0.506 e. The second-order valence-electron chi connectivity index (χ2n) is 7.99. The van der Waals surface area contributed by atoms with Gasteiger partial charge in [0.15, 0.2) is 0 Å². The third kappa shape index (κ3) is 3.18. The van der Waals surface area contributed by atoms with Crippen molar-refractivity contribution in [1.29, 1.82) is 0 Å². The Balaban J connectivity index is 1.57. The van der Waals surface area contributed by atoms with Crippen molar-refractivity contribution in [3.05, 3.63) is 96.7 Å². The van der Waals surface area contributed by atoms with Gasteiger partial charge in [-0.2, -0.15) is 0 Å². The molecule has 6 heteroatoms. The summed E-state index contributed by atoms with van der Waals surface area (Å²) in [6.07, 6.45) is 1.80. The highest BCUT2D eigenvalue weighted by Crippen LogP contribution is 2.33. The van der Waals surface area contributed by atoms with Gasteiger partial charge in [0, 0.05) is 27.3 Å². The molecule has 160 valence electrons. The molecule has 0 radical (unpaired) electrons. The van der Waals surface area contributed by atoms with E-state index in [1.165, 1.54) is 0 Å². The van der Waals surface area contributed by atoms with Crippen molar-refractivity contribution in [3.63, 3.8) is 0 Å². The number of aromatic nitrogens is 3. The molecular weight excluding hydrogens is 430 g/mol. The Labute approximate surface area is 192 Å². The van der Waals surface area contributed by atoms with Crippen LogP contribution in [-0.2, 0) is 10.8 Å². The van der Waals surface area contributed by atoms with Crippen molar-refractivity contribution in [2.24, 2.45) is 0 Å². The number of benzene rings is 3. The molecule has 0 aliphatic rings. The van der Waals surface area contributed by atoms with Gasteiger partial charge in [0.25, 0.3) is 0 Å². The third-order valence-corrected chi connectivity index (χ3v) is 7.14. The lowest BCUT2D eigenvalue weighted by atomic mass is 10.2. The second-order valence-corrected chi connectivity index (χ2v) is 9.42. The number of phenolic OH excluding ortho intramolecular Hbond substituents is 1. The molecule has 6 aromatic rings. The molecule has 0 aliphatic carbocycles. The number of aryl methyl sites for hydroxylation is 1. The number of para-hydroxylation sites is 2. The van der Waals surface area contributed by atoms with E-state index in [9.17, 15) is 9.32 Å². The molecule has 3 heterocycles. The molecule has 5 nitrogen and oxygen atoms in total. The molecule has 3 aromatic heterocycles. The molecule has 0 aliphatic heterocycles. The first kappa shape index (κ1) is 19.6. The highest BCUT2D eigenvalue weighted by molar-refractivity contribution is 7.85. The SMILES string of the molecule is Cc1ccnc(-n2c3ccccc3c3ccc(S(=O)c4ccc5cccc(O)c5n4)cc32)c1. The highest BCUT2D eigenvalue weighted by Gasteiger charge is 2.17. The standard InChI is InChI=1S/C27H19N3O2S/c1-17-13-14-28-25(15-17)30-22-7-3-2-6-20(22)21-11-10-19(16-23(21)30)33(32)26-12-9-18-5-4-8-24(31)27(18)29-26/h2-16,31H,1H3. The average molecular weight is 450 g/mol. The molecule has 0 saturated carbocycles. The number of rotatable bonds is 3. The Morgan fingerprint density at radius 3 is 2.58 bits per heavy atom. The Morgan fingerprint density at radius 2 is 1.70 bits per heavy atom. The first-order valence-corrected chi connectivity index (χ1v) is 11.7. The van der Waals surface area contributed by atoms with Gasteiger partial charge >= 0.3 is 0 Å². The van der Waals surface area contributed by atoms with Crippen molar-refractivity contribution in [2.45, 2.75) is 16.8 Å². The van der Waals surface area contributed by atoms with E-state index < -0.39 is 10.8 Å². The number of hydrogen-bond acceptors (Lipinski definition) is 4. The van der Waals surface area contributed by atoms with E-state index in [0.717, 1.165) is 38.6 Å². The van der Waals surface area contributed by atoms with Crippen LogP contribution in [0.4, 0.5) is 0 Å². The van der Waals surface area contributed by atoms with Crippen LogP contribution < -0.4 is 0 Å². The summed E-state index contributed by atoms with van der Waals surface area (Å²) < 4.78 is 15.6. The number of aromatic hydroxyl groups is 1.